The molecule has 0 bridgehead atoms. The number of pyridine rings is 1. The Hall–Kier alpha value is -2.67. The van der Waals surface area contributed by atoms with Gasteiger partial charge in [-0.05, 0) is 25.3 Å². The Morgan fingerprint density at radius 3 is 2.64 bits per heavy atom. The maximum Gasteiger partial charge on any atom is 0.280 e. The number of piperidine rings is 1. The van der Waals surface area contributed by atoms with E-state index in [4.69, 9.17) is 11.6 Å². The number of aromatic amines is 1. The smallest absolute Gasteiger partial charge is 0.280 e. The van der Waals surface area contributed by atoms with Crippen molar-refractivity contribution in [1.29, 1.82) is 0 Å². The van der Waals surface area contributed by atoms with Crippen molar-refractivity contribution in [2.75, 3.05) is 18.0 Å². The van der Waals surface area contributed by atoms with Crippen LogP contribution in [0, 0.1) is 0 Å². The highest BCUT2D eigenvalue weighted by Crippen LogP contribution is 2.20. The number of halogens is 1. The third-order valence-corrected chi connectivity index (χ3v) is 4.54. The average Bonchev–Trinajstić information content (AvgIpc) is 3.04. The fraction of sp³-hybridized carbons (Fsp3) is 0.294. The lowest BCUT2D eigenvalue weighted by atomic mass is 10.1. The summed E-state index contributed by atoms with van der Waals surface area (Å²) in [6.45, 7) is 1.96. The summed E-state index contributed by atoms with van der Waals surface area (Å²) in [7, 11) is 0. The van der Waals surface area contributed by atoms with Crippen molar-refractivity contribution in [2.45, 2.75) is 19.3 Å². The zero-order valence-electron chi connectivity index (χ0n) is 13.5. The van der Waals surface area contributed by atoms with Crippen LogP contribution in [0.4, 0.5) is 5.82 Å². The van der Waals surface area contributed by atoms with E-state index >= 15 is 0 Å². The van der Waals surface area contributed by atoms with E-state index in [0.717, 1.165) is 31.7 Å². The Balaban J connectivity index is 1.70. The van der Waals surface area contributed by atoms with Gasteiger partial charge in [0.25, 0.3) is 5.56 Å². The summed E-state index contributed by atoms with van der Waals surface area (Å²) >= 11 is 5.97. The van der Waals surface area contributed by atoms with Gasteiger partial charge < -0.3 is 4.90 Å². The first kappa shape index (κ1) is 15.8. The Labute approximate surface area is 149 Å². The Kier molecular flexibility index (Phi) is 4.23. The zero-order chi connectivity index (χ0) is 17.2. The summed E-state index contributed by atoms with van der Waals surface area (Å²) in [5.74, 6) is 1.36. The Morgan fingerprint density at radius 1 is 1.04 bits per heavy atom. The minimum absolute atomic E-state index is 0.202. The van der Waals surface area contributed by atoms with Gasteiger partial charge in [0, 0.05) is 43.3 Å². The van der Waals surface area contributed by atoms with E-state index in [0.29, 0.717) is 22.0 Å². The Bertz CT molecular complexity index is 944. The number of H-pyrrole nitrogens is 1. The minimum atomic E-state index is -0.202. The molecular weight excluding hydrogens is 340 g/mol. The molecule has 1 saturated heterocycles. The second kappa shape index (κ2) is 6.68. The highest BCUT2D eigenvalue weighted by atomic mass is 35.5. The fourth-order valence-electron chi connectivity index (χ4n) is 3.06. The fourth-order valence-corrected chi connectivity index (χ4v) is 3.24. The molecule has 1 aliphatic rings. The first-order valence-corrected chi connectivity index (χ1v) is 8.59. The van der Waals surface area contributed by atoms with Crippen LogP contribution >= 0.6 is 11.6 Å². The molecule has 0 spiro atoms. The SMILES string of the molecule is O=c1c(-c2cncc(Cl)c2)c[nH]n1-c1cc(N2CCCCC2)ncn1. The topological polar surface area (TPSA) is 79.7 Å². The number of rotatable bonds is 3. The summed E-state index contributed by atoms with van der Waals surface area (Å²) in [5.41, 5.74) is 0.957. The molecule has 1 N–H and O–H groups in total. The van der Waals surface area contributed by atoms with Crippen molar-refractivity contribution < 1.29 is 0 Å². The van der Waals surface area contributed by atoms with Crippen molar-refractivity contribution in [3.63, 3.8) is 0 Å². The molecule has 0 atom stereocenters. The van der Waals surface area contributed by atoms with E-state index in [9.17, 15) is 4.79 Å². The lowest BCUT2D eigenvalue weighted by Crippen LogP contribution is -2.30. The van der Waals surface area contributed by atoms with Crippen molar-refractivity contribution in [2.24, 2.45) is 0 Å². The van der Waals surface area contributed by atoms with E-state index in [1.165, 1.54) is 23.6 Å². The number of hydrogen-bond donors (Lipinski definition) is 1. The molecule has 0 unspecified atom stereocenters. The second-order valence-electron chi connectivity index (χ2n) is 6.00. The first-order valence-electron chi connectivity index (χ1n) is 8.21. The molecule has 1 fully saturated rings. The van der Waals surface area contributed by atoms with Crippen LogP contribution < -0.4 is 10.5 Å². The van der Waals surface area contributed by atoms with Gasteiger partial charge >= 0.3 is 0 Å². The number of hydrogen-bond acceptors (Lipinski definition) is 5. The number of aromatic nitrogens is 5. The van der Waals surface area contributed by atoms with Crippen LogP contribution in [0.1, 0.15) is 19.3 Å². The van der Waals surface area contributed by atoms with E-state index in [2.05, 4.69) is 25.0 Å². The molecule has 0 saturated carbocycles. The van der Waals surface area contributed by atoms with Gasteiger partial charge in [-0.15, -0.1) is 0 Å². The molecule has 25 heavy (non-hydrogen) atoms. The molecule has 0 aliphatic carbocycles. The van der Waals surface area contributed by atoms with Gasteiger partial charge in [-0.25, -0.2) is 14.6 Å². The molecule has 3 aromatic rings. The van der Waals surface area contributed by atoms with Crippen LogP contribution in [0.3, 0.4) is 0 Å². The summed E-state index contributed by atoms with van der Waals surface area (Å²) in [6, 6.07) is 3.55. The van der Waals surface area contributed by atoms with Crippen LogP contribution in [0.2, 0.25) is 5.02 Å². The van der Waals surface area contributed by atoms with Crippen LogP contribution in [0.5, 0.6) is 0 Å². The number of nitrogens with one attached hydrogen (secondary N) is 1. The van der Waals surface area contributed by atoms with Crippen molar-refractivity contribution in [1.82, 2.24) is 24.7 Å². The first-order chi connectivity index (χ1) is 12.2. The zero-order valence-corrected chi connectivity index (χ0v) is 14.3. The molecular formula is C17H17ClN6O. The highest BCUT2D eigenvalue weighted by molar-refractivity contribution is 6.30. The van der Waals surface area contributed by atoms with Crippen LogP contribution in [0.25, 0.3) is 16.9 Å². The summed E-state index contributed by atoms with van der Waals surface area (Å²) in [4.78, 5) is 27.6. The third kappa shape index (κ3) is 3.15. The molecule has 3 aromatic heterocycles. The standard InChI is InChI=1S/C17H17ClN6O/c18-13-6-12(8-19-9-13)14-10-22-24(17(14)25)16-7-15(20-11-21-16)23-4-2-1-3-5-23/h6-11,22H,1-5H2. The van der Waals surface area contributed by atoms with Gasteiger partial charge in [0.15, 0.2) is 5.82 Å². The van der Waals surface area contributed by atoms with E-state index in [1.807, 2.05) is 6.07 Å². The lowest BCUT2D eigenvalue weighted by Gasteiger charge is -2.27. The second-order valence-corrected chi connectivity index (χ2v) is 6.44. The predicted octanol–water partition coefficient (Wildman–Crippen LogP) is 2.66. The molecule has 8 heteroatoms. The maximum absolute atomic E-state index is 12.8. The molecule has 1 aliphatic heterocycles. The quantitative estimate of drug-likeness (QED) is 0.780. The van der Waals surface area contributed by atoms with Gasteiger partial charge in [0.1, 0.15) is 12.1 Å². The van der Waals surface area contributed by atoms with E-state index in [1.54, 1.807) is 18.5 Å². The van der Waals surface area contributed by atoms with Crippen molar-refractivity contribution in [3.8, 4) is 16.9 Å². The molecule has 128 valence electrons. The van der Waals surface area contributed by atoms with Gasteiger partial charge in [0.2, 0.25) is 0 Å². The summed E-state index contributed by atoms with van der Waals surface area (Å²) in [6.07, 6.45) is 9.85. The monoisotopic (exact) mass is 356 g/mol. The van der Waals surface area contributed by atoms with Crippen LogP contribution in [-0.2, 0) is 0 Å². The summed E-state index contributed by atoms with van der Waals surface area (Å²) < 4.78 is 1.41. The number of anilines is 1. The molecule has 4 heterocycles. The van der Waals surface area contributed by atoms with Gasteiger partial charge in [-0.1, -0.05) is 11.6 Å². The third-order valence-electron chi connectivity index (χ3n) is 4.33. The normalized spacial score (nSPS) is 14.7. The van der Waals surface area contributed by atoms with Crippen molar-refractivity contribution in [3.05, 3.63) is 52.4 Å². The maximum atomic E-state index is 12.8. The average molecular weight is 357 g/mol. The van der Waals surface area contributed by atoms with Gasteiger partial charge in [-0.3, -0.25) is 14.9 Å². The predicted molar refractivity (Wildman–Crippen MR) is 96.3 cm³/mol. The van der Waals surface area contributed by atoms with E-state index < -0.39 is 0 Å². The molecule has 0 amide bonds. The largest absolute Gasteiger partial charge is 0.356 e. The van der Waals surface area contributed by atoms with E-state index in [-0.39, 0.29) is 5.56 Å². The molecule has 4 rings (SSSR count). The minimum Gasteiger partial charge on any atom is -0.356 e. The summed E-state index contributed by atoms with van der Waals surface area (Å²) in [5, 5.41) is 3.45. The highest BCUT2D eigenvalue weighted by Gasteiger charge is 2.15. The van der Waals surface area contributed by atoms with Crippen LogP contribution in [-0.4, -0.2) is 37.8 Å². The van der Waals surface area contributed by atoms with Gasteiger partial charge in [-0.2, -0.15) is 0 Å². The van der Waals surface area contributed by atoms with Crippen LogP contribution in [0.15, 0.2) is 41.8 Å². The molecule has 0 aromatic carbocycles. The lowest BCUT2D eigenvalue weighted by molar-refractivity contribution is 0.572. The van der Waals surface area contributed by atoms with Gasteiger partial charge in [0.05, 0.1) is 10.6 Å². The molecule has 0 radical (unpaired) electrons. The van der Waals surface area contributed by atoms with Crippen molar-refractivity contribution >= 4 is 17.4 Å². The Morgan fingerprint density at radius 2 is 1.84 bits per heavy atom. The number of nitrogens with zero attached hydrogens (tertiary/aromatic N) is 5. The molecule has 7 nitrogen and oxygen atoms in total.